The molecule has 0 saturated carbocycles. The maximum Gasteiger partial charge on any atom is 0.225 e. The van der Waals surface area contributed by atoms with Crippen molar-refractivity contribution < 1.29 is 14.2 Å². The molecule has 0 aliphatic heterocycles. The quantitative estimate of drug-likeness (QED) is 0.628. The lowest BCUT2D eigenvalue weighted by atomic mass is 10.1. The molecule has 2 heterocycles. The highest BCUT2D eigenvalue weighted by Gasteiger charge is 2.14. The summed E-state index contributed by atoms with van der Waals surface area (Å²) >= 11 is 0. The predicted octanol–water partition coefficient (Wildman–Crippen LogP) is 3.05. The lowest BCUT2D eigenvalue weighted by molar-refractivity contribution is 0.293. The zero-order valence-corrected chi connectivity index (χ0v) is 12.5. The Balaban J connectivity index is 2.01. The van der Waals surface area contributed by atoms with Gasteiger partial charge in [-0.05, 0) is 29.8 Å². The van der Waals surface area contributed by atoms with Gasteiger partial charge in [0.2, 0.25) is 11.8 Å². The number of rotatable bonds is 5. The molecule has 0 aliphatic carbocycles. The molecule has 0 radical (unpaired) electrons. The number of halogens is 1. The number of hydrogen-bond donors (Lipinski definition) is 3. The Morgan fingerprint density at radius 3 is 2.71 bits per heavy atom. The number of benzene rings is 1. The minimum atomic E-state index is -0.467. The van der Waals surface area contributed by atoms with Crippen LogP contribution in [0.25, 0.3) is 10.8 Å². The van der Waals surface area contributed by atoms with Crippen molar-refractivity contribution in [1.29, 1.82) is 10.8 Å². The minimum absolute atomic E-state index is 0.0702. The summed E-state index contributed by atoms with van der Waals surface area (Å²) in [6.07, 6.45) is 3.64. The van der Waals surface area contributed by atoms with Gasteiger partial charge in [0.25, 0.3) is 0 Å². The largest absolute Gasteiger partial charge is 0.493 e. The highest BCUT2D eigenvalue weighted by atomic mass is 19.1. The second kappa shape index (κ2) is 6.41. The second-order valence-electron chi connectivity index (χ2n) is 5.01. The third-order valence-electron chi connectivity index (χ3n) is 3.46. The summed E-state index contributed by atoms with van der Waals surface area (Å²) in [6, 6.07) is 7.37. The third kappa shape index (κ3) is 2.91. The van der Waals surface area contributed by atoms with Crippen LogP contribution in [0.15, 0.2) is 36.5 Å². The molecule has 2 aromatic heterocycles. The predicted molar refractivity (Wildman–Crippen MR) is 87.7 cm³/mol. The maximum atomic E-state index is 13.6. The first kappa shape index (κ1) is 15.5. The fraction of sp³-hybridized carbons (Fsp3) is 0.0588. The lowest BCUT2D eigenvalue weighted by Gasteiger charge is -2.11. The van der Waals surface area contributed by atoms with Gasteiger partial charge in [-0.1, -0.05) is 6.07 Å². The van der Waals surface area contributed by atoms with E-state index in [0.29, 0.717) is 16.5 Å². The number of aromatic hydroxyl groups is 1. The summed E-state index contributed by atoms with van der Waals surface area (Å²) in [5.74, 6) is -0.749. The van der Waals surface area contributed by atoms with Gasteiger partial charge in [0.1, 0.15) is 12.4 Å². The number of ether oxygens (including phenoxy) is 1. The van der Waals surface area contributed by atoms with Crippen LogP contribution < -0.4 is 4.74 Å². The molecule has 120 valence electrons. The molecule has 0 aliphatic rings. The fourth-order valence-corrected chi connectivity index (χ4v) is 2.33. The SMILES string of the molecule is N=Cc1cc(COc2nc(O)c(C=N)c3ccc(F)cc23)ccn1. The van der Waals surface area contributed by atoms with Crippen LogP contribution in [0.2, 0.25) is 0 Å². The molecule has 3 aromatic rings. The fourth-order valence-electron chi connectivity index (χ4n) is 2.33. The molecule has 0 fully saturated rings. The molecule has 0 atom stereocenters. The molecule has 6 nitrogen and oxygen atoms in total. The molecule has 7 heteroatoms. The van der Waals surface area contributed by atoms with Crippen molar-refractivity contribution in [2.45, 2.75) is 6.61 Å². The van der Waals surface area contributed by atoms with E-state index in [1.54, 1.807) is 18.3 Å². The van der Waals surface area contributed by atoms with Crippen molar-refractivity contribution >= 4 is 23.2 Å². The lowest BCUT2D eigenvalue weighted by Crippen LogP contribution is -2.01. The van der Waals surface area contributed by atoms with E-state index in [4.69, 9.17) is 15.6 Å². The molecule has 0 bridgehead atoms. The smallest absolute Gasteiger partial charge is 0.225 e. The average Bonchev–Trinajstić information content (AvgIpc) is 2.60. The van der Waals surface area contributed by atoms with Crippen LogP contribution in [0, 0.1) is 16.6 Å². The summed E-state index contributed by atoms with van der Waals surface area (Å²) in [5.41, 5.74) is 1.44. The Bertz CT molecular complexity index is 943. The molecule has 0 saturated heterocycles. The van der Waals surface area contributed by atoms with Crippen molar-refractivity contribution in [2.24, 2.45) is 0 Å². The number of nitrogens with one attached hydrogen (secondary N) is 2. The summed E-state index contributed by atoms with van der Waals surface area (Å²) in [6.45, 7) is 0.116. The Labute approximate surface area is 136 Å². The summed E-state index contributed by atoms with van der Waals surface area (Å²) in [4.78, 5) is 7.91. The van der Waals surface area contributed by atoms with Crippen molar-refractivity contribution in [1.82, 2.24) is 9.97 Å². The Morgan fingerprint density at radius 2 is 1.96 bits per heavy atom. The second-order valence-corrected chi connectivity index (χ2v) is 5.01. The highest BCUT2D eigenvalue weighted by molar-refractivity contribution is 6.02. The van der Waals surface area contributed by atoms with Crippen molar-refractivity contribution in [3.05, 3.63) is 59.2 Å². The summed E-state index contributed by atoms with van der Waals surface area (Å²) in [5, 5.41) is 25.4. The van der Waals surface area contributed by atoms with E-state index in [1.807, 2.05) is 0 Å². The third-order valence-corrected chi connectivity index (χ3v) is 3.46. The van der Waals surface area contributed by atoms with Gasteiger partial charge in [-0.3, -0.25) is 4.98 Å². The Morgan fingerprint density at radius 1 is 1.12 bits per heavy atom. The van der Waals surface area contributed by atoms with E-state index in [0.717, 1.165) is 18.0 Å². The first-order valence-corrected chi connectivity index (χ1v) is 7.03. The van der Waals surface area contributed by atoms with Gasteiger partial charge < -0.3 is 20.7 Å². The molecule has 0 amide bonds. The van der Waals surface area contributed by atoms with Gasteiger partial charge in [-0.2, -0.15) is 4.98 Å². The van der Waals surface area contributed by atoms with Crippen LogP contribution in [0.3, 0.4) is 0 Å². The maximum absolute atomic E-state index is 13.6. The van der Waals surface area contributed by atoms with Crippen molar-refractivity contribution in [3.8, 4) is 11.8 Å². The van der Waals surface area contributed by atoms with Crippen LogP contribution in [0.4, 0.5) is 4.39 Å². The van der Waals surface area contributed by atoms with Gasteiger partial charge in [0, 0.05) is 29.4 Å². The van der Waals surface area contributed by atoms with Crippen LogP contribution >= 0.6 is 0 Å². The molecule has 0 spiro atoms. The van der Waals surface area contributed by atoms with Crippen LogP contribution in [-0.4, -0.2) is 27.5 Å². The molecule has 1 aromatic carbocycles. The normalized spacial score (nSPS) is 10.5. The van der Waals surface area contributed by atoms with Gasteiger partial charge >= 0.3 is 0 Å². The molecular weight excluding hydrogens is 311 g/mol. The monoisotopic (exact) mass is 324 g/mol. The zero-order valence-electron chi connectivity index (χ0n) is 12.5. The van der Waals surface area contributed by atoms with E-state index in [-0.39, 0.29) is 23.9 Å². The average molecular weight is 324 g/mol. The number of aromatic nitrogens is 2. The number of fused-ring (bicyclic) bond motifs is 1. The number of hydrogen-bond acceptors (Lipinski definition) is 6. The van der Waals surface area contributed by atoms with E-state index >= 15 is 0 Å². The molecule has 3 rings (SSSR count). The van der Waals surface area contributed by atoms with Crippen molar-refractivity contribution in [3.63, 3.8) is 0 Å². The van der Waals surface area contributed by atoms with E-state index in [9.17, 15) is 9.50 Å². The standard InChI is InChI=1S/C17H13FN4O2/c18-11-1-2-13-14(6-11)17(22-16(23)15(13)8-20)24-9-10-3-4-21-12(5-10)7-19/h1-8,19-20H,9H2,(H,22,23). The minimum Gasteiger partial charge on any atom is -0.493 e. The Hall–Kier alpha value is -3.35. The first-order chi connectivity index (χ1) is 11.6. The first-order valence-electron chi connectivity index (χ1n) is 7.03. The molecule has 3 N–H and O–H groups in total. The van der Waals surface area contributed by atoms with Crippen molar-refractivity contribution in [2.75, 3.05) is 0 Å². The van der Waals surface area contributed by atoms with E-state index < -0.39 is 5.82 Å². The summed E-state index contributed by atoms with van der Waals surface area (Å²) in [7, 11) is 0. The van der Waals surface area contributed by atoms with E-state index in [2.05, 4.69) is 9.97 Å². The van der Waals surface area contributed by atoms with Crippen LogP contribution in [0.1, 0.15) is 16.8 Å². The van der Waals surface area contributed by atoms with Gasteiger partial charge in [-0.15, -0.1) is 0 Å². The number of nitrogens with zero attached hydrogens (tertiary/aromatic N) is 2. The highest BCUT2D eigenvalue weighted by Crippen LogP contribution is 2.32. The van der Waals surface area contributed by atoms with Gasteiger partial charge in [0.05, 0.1) is 11.3 Å². The van der Waals surface area contributed by atoms with Gasteiger partial charge in [0.15, 0.2) is 0 Å². The molecule has 24 heavy (non-hydrogen) atoms. The molecular formula is C17H13FN4O2. The molecule has 0 unspecified atom stereocenters. The number of pyridine rings is 2. The van der Waals surface area contributed by atoms with Gasteiger partial charge in [-0.25, -0.2) is 4.39 Å². The van der Waals surface area contributed by atoms with Crippen LogP contribution in [0.5, 0.6) is 11.8 Å². The summed E-state index contributed by atoms with van der Waals surface area (Å²) < 4.78 is 19.2. The Kier molecular flexibility index (Phi) is 4.15. The zero-order chi connectivity index (χ0) is 17.1. The van der Waals surface area contributed by atoms with E-state index in [1.165, 1.54) is 18.2 Å². The topological polar surface area (TPSA) is 103 Å². The van der Waals surface area contributed by atoms with Crippen LogP contribution in [-0.2, 0) is 6.61 Å².